The molecule has 52 heavy (non-hydrogen) atoms. The number of rotatable bonds is 3. The minimum Gasteiger partial charge on any atom is -0.455 e. The van der Waals surface area contributed by atoms with Gasteiger partial charge in [0.05, 0.1) is 22.9 Å². The second-order valence-electron chi connectivity index (χ2n) is 14.6. The molecule has 0 saturated heterocycles. The Kier molecular flexibility index (Phi) is 6.01. The van der Waals surface area contributed by atoms with Crippen LogP contribution in [0.4, 0.5) is 0 Å². The lowest BCUT2D eigenvalue weighted by Crippen LogP contribution is -2.15. The molecule has 0 aliphatic heterocycles. The lowest BCUT2D eigenvalue weighted by atomic mass is 9.81. The first-order valence-corrected chi connectivity index (χ1v) is 17.9. The van der Waals surface area contributed by atoms with Crippen LogP contribution in [0.3, 0.4) is 0 Å². The molecule has 8 aromatic carbocycles. The van der Waals surface area contributed by atoms with Crippen molar-refractivity contribution in [2.75, 3.05) is 0 Å². The summed E-state index contributed by atoms with van der Waals surface area (Å²) in [6, 6.07) is 54.4. The van der Waals surface area contributed by atoms with Crippen molar-refractivity contribution >= 4 is 54.5 Å². The molecule has 0 saturated carbocycles. The molecule has 244 valence electrons. The van der Waals surface area contributed by atoms with E-state index in [9.17, 15) is 0 Å². The Bertz CT molecular complexity index is 3080. The summed E-state index contributed by atoms with van der Waals surface area (Å²) >= 11 is 0. The van der Waals surface area contributed by atoms with Gasteiger partial charge in [-0.05, 0) is 74.0 Å². The Hall–Kier alpha value is -6.58. The third-order valence-corrected chi connectivity index (χ3v) is 11.3. The first kappa shape index (κ1) is 29.2. The zero-order valence-electron chi connectivity index (χ0n) is 28.8. The fraction of sp³-hybridized carbons (Fsp3) is 0.0612. The highest BCUT2D eigenvalue weighted by Gasteiger charge is 2.36. The predicted octanol–water partition coefficient (Wildman–Crippen LogP) is 13.1. The first-order valence-electron chi connectivity index (χ1n) is 17.9. The lowest BCUT2D eigenvalue weighted by Gasteiger charge is -2.22. The molecule has 0 radical (unpaired) electrons. The number of para-hydroxylation sites is 2. The Labute approximate surface area is 300 Å². The van der Waals surface area contributed by atoms with Crippen LogP contribution in [0.15, 0.2) is 162 Å². The van der Waals surface area contributed by atoms with E-state index in [1.165, 1.54) is 44.2 Å². The van der Waals surface area contributed by atoms with Crippen LogP contribution in [0.5, 0.6) is 0 Å². The van der Waals surface area contributed by atoms with Gasteiger partial charge in [0.15, 0.2) is 0 Å². The summed E-state index contributed by atoms with van der Waals surface area (Å²) in [4.78, 5) is 10.3. The van der Waals surface area contributed by atoms with Crippen molar-refractivity contribution in [3.05, 3.63) is 169 Å². The molecule has 11 rings (SSSR count). The Morgan fingerprint density at radius 3 is 1.79 bits per heavy atom. The highest BCUT2D eigenvalue weighted by molar-refractivity contribution is 6.23. The summed E-state index contributed by atoms with van der Waals surface area (Å²) in [7, 11) is 0. The van der Waals surface area contributed by atoms with E-state index in [1.807, 2.05) is 18.3 Å². The van der Waals surface area contributed by atoms with E-state index in [2.05, 4.69) is 153 Å². The normalized spacial score (nSPS) is 13.3. The van der Waals surface area contributed by atoms with Gasteiger partial charge in [0.25, 0.3) is 0 Å². The number of fused-ring (bicyclic) bond motifs is 12. The molecular formula is C49H32N2O. The Morgan fingerprint density at radius 2 is 1.02 bits per heavy atom. The van der Waals surface area contributed by atoms with Crippen LogP contribution in [0, 0.1) is 0 Å². The maximum atomic E-state index is 6.40. The van der Waals surface area contributed by atoms with Gasteiger partial charge in [-0.15, -0.1) is 0 Å². The van der Waals surface area contributed by atoms with Crippen LogP contribution in [-0.4, -0.2) is 9.97 Å². The van der Waals surface area contributed by atoms with Gasteiger partial charge in [-0.3, -0.25) is 4.98 Å². The van der Waals surface area contributed by atoms with E-state index in [0.717, 1.165) is 66.1 Å². The Balaban J connectivity index is 0.988. The monoisotopic (exact) mass is 664 g/mol. The van der Waals surface area contributed by atoms with Gasteiger partial charge in [0.2, 0.25) is 0 Å². The van der Waals surface area contributed by atoms with Crippen molar-refractivity contribution in [1.82, 2.24) is 9.97 Å². The maximum absolute atomic E-state index is 6.40. The van der Waals surface area contributed by atoms with E-state index in [1.54, 1.807) is 0 Å². The molecule has 3 nitrogen and oxygen atoms in total. The number of furan rings is 1. The van der Waals surface area contributed by atoms with Crippen LogP contribution < -0.4 is 0 Å². The van der Waals surface area contributed by atoms with E-state index in [0.29, 0.717) is 0 Å². The van der Waals surface area contributed by atoms with E-state index < -0.39 is 0 Å². The quantitative estimate of drug-likeness (QED) is 0.176. The SMILES string of the molecule is CC1(C)c2cc(-c3cccc(-c4cccc5c4oc4ccccc45)c3)ccc2-c2ccc(-c3cnc4c5ccccc5c5ccccc5c4n3)cc21. The molecule has 1 aliphatic carbocycles. The summed E-state index contributed by atoms with van der Waals surface area (Å²) in [6.07, 6.45) is 1.94. The fourth-order valence-electron chi connectivity index (χ4n) is 8.68. The van der Waals surface area contributed by atoms with Crippen LogP contribution >= 0.6 is 0 Å². The van der Waals surface area contributed by atoms with Crippen molar-refractivity contribution in [2.45, 2.75) is 19.3 Å². The standard InChI is InChI=1S/C49H32N2O/c1-49(2)42-26-30(29-11-9-12-31(25-29)33-18-10-19-41-38-15-7-8-20-45(38)52-48(33)41)21-23-36(42)37-24-22-32(27-43(37)49)44-28-50-46-39-16-5-3-13-34(39)35-14-4-6-17-40(35)47(46)51-44/h3-28H,1-2H3. The molecule has 0 fully saturated rings. The zero-order chi connectivity index (χ0) is 34.6. The highest BCUT2D eigenvalue weighted by atomic mass is 16.3. The first-order chi connectivity index (χ1) is 25.5. The molecule has 1 aliphatic rings. The lowest BCUT2D eigenvalue weighted by molar-refractivity contribution is 0.661. The zero-order valence-corrected chi connectivity index (χ0v) is 28.8. The van der Waals surface area contributed by atoms with Crippen molar-refractivity contribution in [3.8, 4) is 44.6 Å². The van der Waals surface area contributed by atoms with Gasteiger partial charge in [-0.1, -0.05) is 141 Å². The van der Waals surface area contributed by atoms with Crippen LogP contribution in [-0.2, 0) is 5.41 Å². The smallest absolute Gasteiger partial charge is 0.143 e. The molecule has 2 heterocycles. The van der Waals surface area contributed by atoms with E-state index in [4.69, 9.17) is 14.4 Å². The van der Waals surface area contributed by atoms with Crippen LogP contribution in [0.25, 0.3) is 99.2 Å². The highest BCUT2D eigenvalue weighted by Crippen LogP contribution is 2.51. The molecule has 0 unspecified atom stereocenters. The third kappa shape index (κ3) is 4.14. The van der Waals surface area contributed by atoms with Gasteiger partial charge in [-0.2, -0.15) is 0 Å². The number of hydrogen-bond donors (Lipinski definition) is 0. The van der Waals surface area contributed by atoms with E-state index >= 15 is 0 Å². The Morgan fingerprint density at radius 1 is 0.442 bits per heavy atom. The van der Waals surface area contributed by atoms with Crippen molar-refractivity contribution in [3.63, 3.8) is 0 Å². The molecule has 0 spiro atoms. The summed E-state index contributed by atoms with van der Waals surface area (Å²) in [5, 5.41) is 6.97. The molecule has 0 atom stereocenters. The summed E-state index contributed by atoms with van der Waals surface area (Å²) in [6.45, 7) is 4.69. The predicted molar refractivity (Wildman–Crippen MR) is 216 cm³/mol. The second kappa shape index (κ2) is 10.7. The molecule has 0 bridgehead atoms. The van der Waals surface area contributed by atoms with Crippen molar-refractivity contribution in [2.24, 2.45) is 0 Å². The second-order valence-corrected chi connectivity index (χ2v) is 14.6. The molecular weight excluding hydrogens is 633 g/mol. The van der Waals surface area contributed by atoms with Gasteiger partial charge < -0.3 is 4.42 Å². The van der Waals surface area contributed by atoms with Crippen molar-refractivity contribution < 1.29 is 4.42 Å². The molecule has 10 aromatic rings. The minimum absolute atomic E-state index is 0.193. The third-order valence-electron chi connectivity index (χ3n) is 11.3. The summed E-state index contributed by atoms with van der Waals surface area (Å²) < 4.78 is 6.40. The maximum Gasteiger partial charge on any atom is 0.143 e. The van der Waals surface area contributed by atoms with Crippen LogP contribution in [0.1, 0.15) is 25.0 Å². The molecule has 0 N–H and O–H groups in total. The number of nitrogens with zero attached hydrogens (tertiary/aromatic N) is 2. The number of hydrogen-bond acceptors (Lipinski definition) is 3. The topological polar surface area (TPSA) is 38.9 Å². The fourth-order valence-corrected chi connectivity index (χ4v) is 8.68. The minimum atomic E-state index is -0.193. The average Bonchev–Trinajstić information content (AvgIpc) is 3.69. The summed E-state index contributed by atoms with van der Waals surface area (Å²) in [5.41, 5.74) is 15.4. The van der Waals surface area contributed by atoms with Crippen molar-refractivity contribution in [1.29, 1.82) is 0 Å². The molecule has 0 amide bonds. The number of aromatic nitrogens is 2. The summed E-state index contributed by atoms with van der Waals surface area (Å²) in [5.74, 6) is 0. The van der Waals surface area contributed by atoms with Gasteiger partial charge in [0.1, 0.15) is 11.2 Å². The molecule has 3 heteroatoms. The largest absolute Gasteiger partial charge is 0.455 e. The van der Waals surface area contributed by atoms with Gasteiger partial charge >= 0.3 is 0 Å². The van der Waals surface area contributed by atoms with Gasteiger partial charge in [-0.25, -0.2) is 4.98 Å². The van der Waals surface area contributed by atoms with Crippen LogP contribution in [0.2, 0.25) is 0 Å². The molecule has 2 aromatic heterocycles. The van der Waals surface area contributed by atoms with E-state index in [-0.39, 0.29) is 5.41 Å². The average molecular weight is 665 g/mol. The number of benzene rings is 8. The van der Waals surface area contributed by atoms with Gasteiger partial charge in [0, 0.05) is 38.1 Å².